The molecule has 32 heteroatoms. The fourth-order valence-corrected chi connectivity index (χ4v) is 18.4. The number of nitrogen functional groups attached to an aromatic ring is 1. The summed E-state index contributed by atoms with van der Waals surface area (Å²) in [4.78, 5) is 162. The molecule has 2 aromatic heterocycles. The number of benzene rings is 2. The molecule has 0 saturated carbocycles. The number of unbranched alkanes of at least 4 members (excludes halogenated alkanes) is 4. The number of likely N-dealkylation sites (tertiary alicyclic amines) is 2. The number of allylic oxidation sites excluding steroid dienone is 4. The first kappa shape index (κ1) is 91.2. The third-order valence-electron chi connectivity index (χ3n) is 22.2. The van der Waals surface area contributed by atoms with Crippen molar-refractivity contribution in [1.29, 1.82) is 0 Å². The molecule has 8 N–H and O–H groups in total. The van der Waals surface area contributed by atoms with E-state index in [1.54, 1.807) is 51.2 Å². The zero-order valence-electron chi connectivity index (χ0n) is 66.8. The summed E-state index contributed by atoms with van der Waals surface area (Å²) in [5, 5.41) is 35.8. The summed E-state index contributed by atoms with van der Waals surface area (Å²) in [5.41, 5.74) is 17.4. The third-order valence-corrected chi connectivity index (χ3v) is 24.9. The fourth-order valence-electron chi connectivity index (χ4n) is 16.1. The minimum Gasteiger partial charge on any atom is -0.481 e. The number of carboxylic acid groups (broad SMARTS) is 2. The Morgan fingerprint density at radius 3 is 2.35 bits per heavy atom. The first-order valence-electron chi connectivity index (χ1n) is 40.4. The average Bonchev–Trinajstić information content (AvgIpc) is 1.59. The number of nitrogens with one attached hydrogen (secondary N) is 2. The number of amides is 5. The van der Waals surface area contributed by atoms with Gasteiger partial charge in [-0.1, -0.05) is 93.4 Å². The second-order valence-corrected chi connectivity index (χ2v) is 33.9. The molecule has 624 valence electrons. The highest BCUT2D eigenvalue weighted by atomic mass is 32.2. The Balaban J connectivity index is 0.771. The number of carboxylic acids is 2. The molecule has 11 unspecified atom stereocenters. The molecule has 3 fully saturated rings. The van der Waals surface area contributed by atoms with Crippen molar-refractivity contribution in [2.24, 2.45) is 16.8 Å². The third kappa shape index (κ3) is 25.4. The van der Waals surface area contributed by atoms with Crippen LogP contribution in [0.3, 0.4) is 0 Å². The number of rotatable bonds is 46. The standard InChI is InChI=1S/C83H113N10O18P3S/c1-7-23-54-42-56-43-57-44-64(85-9-3)52(5)41-62(57)77(61(56)40-51(54)4)59-26-16-17-27-60(59)81(103)90(6)35-22-33-73(99)91-36-21-30-67(91)82(104)92-37-20-29-66(92)80(102)89-63(68(95)31-12-10-11-13-32-72(98)88-65(46-75(100)101)69(96)45-53(8-2)83(105)106)28-18-19-38-115-39-34-58(94)25-15-14-24-55-48-93(79-76(55)78(84)86-50-87-79)74-47-70(97)71(109-74)49-108-113-111-114-110-112-107/h16-17,26-27,40-42,44,48,50,53,62-63,65-67,70-71,74,77,97,107,112-114H,7-13,15,18-23,25,28-39,43,45-47,49H2,1-6H3,(H,88,98)(H,89,102)(H,100,101)(H,105,106)(H2,84,86,87)/t53?,62?,63?,65?,66?,67?,70?,71-,74-,77?/m1/s1. The van der Waals surface area contributed by atoms with E-state index in [1.807, 2.05) is 25.1 Å². The Kier molecular flexibility index (Phi) is 36.3. The topological polar surface area (TPSA) is 391 Å². The first-order valence-corrected chi connectivity index (χ1v) is 44.0. The summed E-state index contributed by atoms with van der Waals surface area (Å²) < 4.78 is 23.3. The van der Waals surface area contributed by atoms with Crippen LogP contribution in [-0.2, 0) is 73.9 Å². The number of nitrogens with two attached hydrogens (primary N) is 1. The van der Waals surface area contributed by atoms with Gasteiger partial charge in [-0.2, -0.15) is 11.8 Å². The molecule has 0 spiro atoms. The Labute approximate surface area is 683 Å². The van der Waals surface area contributed by atoms with Crippen LogP contribution >= 0.6 is 38.9 Å². The van der Waals surface area contributed by atoms with Crippen LogP contribution in [0.1, 0.15) is 231 Å². The van der Waals surface area contributed by atoms with E-state index < -0.39 is 99.9 Å². The van der Waals surface area contributed by atoms with Crippen LogP contribution in [-0.4, -0.2) is 202 Å². The molecular weight excluding hydrogens is 1550 g/mol. The number of carbonyl (C=O) groups is 10. The summed E-state index contributed by atoms with van der Waals surface area (Å²) >= 11 is 1.60. The average molecular weight is 1660 g/mol. The van der Waals surface area contributed by atoms with E-state index in [-0.39, 0.29) is 117 Å². The summed E-state index contributed by atoms with van der Waals surface area (Å²) in [6.07, 6.45) is 14.3. The second-order valence-electron chi connectivity index (χ2n) is 30.3. The van der Waals surface area contributed by atoms with Gasteiger partial charge in [-0.15, -0.1) is 0 Å². The van der Waals surface area contributed by atoms with E-state index in [9.17, 15) is 63.3 Å². The largest absolute Gasteiger partial charge is 0.481 e. The molecule has 0 bridgehead atoms. The minimum absolute atomic E-state index is 0.0318. The molecule has 0 radical (unpaired) electrons. The van der Waals surface area contributed by atoms with Crippen molar-refractivity contribution in [2.75, 3.05) is 57.1 Å². The Morgan fingerprint density at radius 1 is 0.835 bits per heavy atom. The molecule has 5 amide bonds. The molecule has 9 rings (SSSR count). The lowest BCUT2D eigenvalue weighted by atomic mass is 9.65. The maximum Gasteiger partial charge on any atom is 0.306 e. The van der Waals surface area contributed by atoms with E-state index in [0.717, 1.165) is 36.1 Å². The number of fused-ring (bicyclic) bond motifs is 3. The number of hydrogen-bond acceptors (Lipinski definition) is 21. The number of carbonyl (C=O) groups excluding carboxylic acids is 8. The van der Waals surface area contributed by atoms with E-state index in [1.165, 1.54) is 34.2 Å². The van der Waals surface area contributed by atoms with Gasteiger partial charge in [0, 0.05) is 114 Å². The zero-order chi connectivity index (χ0) is 82.7. The van der Waals surface area contributed by atoms with Crippen LogP contribution in [0.25, 0.3) is 11.0 Å². The fraction of sp³-hybridized carbons (Fsp3) is 0.578. The van der Waals surface area contributed by atoms with E-state index in [4.69, 9.17) is 33.5 Å². The number of aliphatic hydroxyl groups is 1. The van der Waals surface area contributed by atoms with Crippen LogP contribution in [0.15, 0.2) is 77.2 Å². The Morgan fingerprint density at radius 2 is 1.60 bits per heavy atom. The summed E-state index contributed by atoms with van der Waals surface area (Å²) in [7, 11) is 0.315. The van der Waals surface area contributed by atoms with Gasteiger partial charge in [-0.3, -0.25) is 61.6 Å². The maximum absolute atomic E-state index is 14.8. The number of aliphatic hydroxyl groups excluding tert-OH is 1. The predicted molar refractivity (Wildman–Crippen MR) is 445 cm³/mol. The van der Waals surface area contributed by atoms with E-state index >= 15 is 0 Å². The molecular formula is C83H113N10O18P3S. The molecule has 115 heavy (non-hydrogen) atoms. The highest BCUT2D eigenvalue weighted by Gasteiger charge is 2.44. The number of thioether (sulfide) groups is 1. The van der Waals surface area contributed by atoms with Crippen molar-refractivity contribution in [1.82, 2.24) is 39.9 Å². The van der Waals surface area contributed by atoms with Crippen LogP contribution in [0.4, 0.5) is 5.82 Å². The Bertz CT molecular complexity index is 4280. The molecule has 4 aromatic rings. The molecule has 5 aliphatic rings. The van der Waals surface area contributed by atoms with Gasteiger partial charge in [0.2, 0.25) is 23.6 Å². The predicted octanol–water partition coefficient (Wildman–Crippen LogP) is 11.1. The van der Waals surface area contributed by atoms with Crippen LogP contribution in [0.5, 0.6) is 0 Å². The highest BCUT2D eigenvalue weighted by Crippen LogP contribution is 2.48. The smallest absolute Gasteiger partial charge is 0.306 e. The van der Waals surface area contributed by atoms with Gasteiger partial charge < -0.3 is 65.1 Å². The number of aromatic nitrogens is 3. The highest BCUT2D eigenvalue weighted by molar-refractivity contribution is 7.99. The van der Waals surface area contributed by atoms with Crippen molar-refractivity contribution >= 4 is 120 Å². The van der Waals surface area contributed by atoms with Crippen molar-refractivity contribution in [3.05, 3.63) is 111 Å². The van der Waals surface area contributed by atoms with Gasteiger partial charge in [-0.25, -0.2) is 9.97 Å². The number of anilines is 1. The van der Waals surface area contributed by atoms with Gasteiger partial charge >= 0.3 is 11.9 Å². The van der Waals surface area contributed by atoms with Crippen molar-refractivity contribution in [3.8, 4) is 11.8 Å². The number of nitrogens with zero attached hydrogens (tertiary/aromatic N) is 7. The van der Waals surface area contributed by atoms with Crippen molar-refractivity contribution in [3.63, 3.8) is 0 Å². The summed E-state index contributed by atoms with van der Waals surface area (Å²) in [5.74, 6) is 1.54. The molecule has 2 aliphatic carbocycles. The van der Waals surface area contributed by atoms with E-state index in [0.29, 0.717) is 143 Å². The van der Waals surface area contributed by atoms with Gasteiger partial charge in [0.15, 0.2) is 38.7 Å². The number of hydrogen-bond donors (Lipinski definition) is 7. The SMILES string of the molecule is CCCc1cc2c(cc1C)C(c1ccccc1C(=O)N(C)CCCC(=O)N1CCCC1C(=O)N1CCCC1C(=O)NC(CCCCSCCC(=O)CCC#Cc1cn([C@H]3CC(O)[C@@H](COPOPOPO)O3)c3ncnc(N)c13)C(=O)CCCCCCC(=O)NC(CC(=O)O)C(=O)CC(CC)C(=O)O)C1C=C(C)C(=NCC)C=C1C2. The minimum atomic E-state index is -1.38. The summed E-state index contributed by atoms with van der Waals surface area (Å²) in [6, 6.07) is 8.67. The molecule has 5 heterocycles. The second kappa shape index (κ2) is 45.8. The first-order chi connectivity index (χ1) is 55.4. The number of aliphatic carboxylic acids is 2. The number of Topliss-reactive ketones (excluding diaryl/α,β-unsaturated/α-hetero) is 3. The van der Waals surface area contributed by atoms with Crippen LogP contribution < -0.4 is 16.4 Å². The molecule has 28 nitrogen and oxygen atoms in total. The molecule has 3 aliphatic heterocycles. The Hall–Kier alpha value is -7.73. The zero-order valence-corrected chi connectivity index (χ0v) is 70.6. The lowest BCUT2D eigenvalue weighted by Gasteiger charge is -2.38. The normalized spacial score (nSPS) is 20.5. The van der Waals surface area contributed by atoms with Gasteiger partial charge in [0.25, 0.3) is 5.91 Å². The van der Waals surface area contributed by atoms with Gasteiger partial charge in [0.05, 0.1) is 53.8 Å². The number of aryl methyl sites for hydroxylation is 2. The number of ketones is 3. The number of aliphatic imine (C=N–C) groups is 1. The monoisotopic (exact) mass is 1660 g/mol. The van der Waals surface area contributed by atoms with Crippen molar-refractivity contribution < 1.29 is 86.0 Å². The molecule has 2 aromatic carbocycles. The van der Waals surface area contributed by atoms with Crippen LogP contribution in [0, 0.1) is 30.6 Å². The van der Waals surface area contributed by atoms with Gasteiger partial charge in [-0.05, 0) is 149 Å². The lowest BCUT2D eigenvalue weighted by molar-refractivity contribution is -0.147. The maximum atomic E-state index is 14.8. The quantitative estimate of drug-likeness (QED) is 0.0123. The van der Waals surface area contributed by atoms with Crippen molar-refractivity contribution in [2.45, 2.75) is 244 Å². The molecule has 13 atom stereocenters. The number of ether oxygens (including phenoxy) is 1. The van der Waals surface area contributed by atoms with E-state index in [2.05, 4.69) is 83.6 Å². The lowest BCUT2D eigenvalue weighted by Crippen LogP contribution is -2.54. The van der Waals surface area contributed by atoms with Crippen LogP contribution in [0.2, 0.25) is 0 Å². The summed E-state index contributed by atoms with van der Waals surface area (Å²) in [6.45, 7) is 11.8. The van der Waals surface area contributed by atoms with Gasteiger partial charge in [0.1, 0.15) is 48.0 Å². The molecule has 3 saturated heterocycles.